The third kappa shape index (κ3) is 16.0. The van der Waals surface area contributed by atoms with Crippen molar-refractivity contribution in [2.45, 2.75) is 13.8 Å². The lowest BCUT2D eigenvalue weighted by Crippen LogP contribution is -2.58. The summed E-state index contributed by atoms with van der Waals surface area (Å²) >= 11 is 0. The van der Waals surface area contributed by atoms with Crippen LogP contribution in [0.25, 0.3) is 0 Å². The highest BCUT2D eigenvalue weighted by Gasteiger charge is 2.38. The van der Waals surface area contributed by atoms with E-state index in [-0.39, 0.29) is 6.15 Å². The fourth-order valence-corrected chi connectivity index (χ4v) is 1.69. The van der Waals surface area contributed by atoms with Crippen LogP contribution in [0.1, 0.15) is 13.8 Å². The van der Waals surface area contributed by atoms with Crippen LogP contribution in [0.3, 0.4) is 0 Å². The van der Waals surface area contributed by atoms with Gasteiger partial charge >= 0.3 is 23.9 Å². The Hall–Kier alpha value is -2.24. The average Bonchev–Trinajstić information content (AvgIpc) is 2.25. The molecular weight excluding hydrogens is 316 g/mol. The van der Waals surface area contributed by atoms with Gasteiger partial charge in [-0.3, -0.25) is 4.48 Å². The first-order chi connectivity index (χ1) is 10.1. The smallest absolute Gasteiger partial charge is 0.359 e. The molecule has 7 N–H and O–H groups in total. The summed E-state index contributed by atoms with van der Waals surface area (Å²) in [6, 6.07) is 0. The first-order valence-corrected chi connectivity index (χ1v) is 6.38. The number of carboxylic acids is 4. The van der Waals surface area contributed by atoms with Crippen LogP contribution in [0.15, 0.2) is 0 Å². The van der Waals surface area contributed by atoms with Crippen LogP contribution in [0.5, 0.6) is 0 Å². The van der Waals surface area contributed by atoms with Gasteiger partial charge in [0.15, 0.2) is 26.2 Å². The normalized spacial score (nSPS) is 9.83. The molecule has 0 unspecified atom stereocenters. The lowest BCUT2D eigenvalue weighted by atomic mass is 10.3. The van der Waals surface area contributed by atoms with Crippen LogP contribution in [-0.4, -0.2) is 88.2 Å². The van der Waals surface area contributed by atoms with Gasteiger partial charge in [-0.2, -0.15) is 0 Å². The highest BCUT2D eigenvalue weighted by atomic mass is 16.5. The molecule has 0 rings (SSSR count). The van der Waals surface area contributed by atoms with Gasteiger partial charge in [-0.25, -0.2) is 19.2 Å². The Morgan fingerprint density at radius 2 is 0.913 bits per heavy atom. The van der Waals surface area contributed by atoms with Gasteiger partial charge in [-0.05, 0) is 13.8 Å². The van der Waals surface area contributed by atoms with Gasteiger partial charge < -0.3 is 31.3 Å². The molecule has 0 fully saturated rings. The molecule has 11 heteroatoms. The Balaban J connectivity index is -0.000000578. The van der Waals surface area contributed by atoms with Crippen molar-refractivity contribution in [1.82, 2.24) is 6.15 Å². The minimum atomic E-state index is -1.46. The molecule has 0 aliphatic rings. The van der Waals surface area contributed by atoms with E-state index in [0.717, 1.165) is 13.2 Å². The molecule has 136 valence electrons. The first kappa shape index (κ1) is 25.7. The molecule has 0 radical (unpaired) electrons. The van der Waals surface area contributed by atoms with Gasteiger partial charge in [-0.15, -0.1) is 0 Å². The third-order valence-corrected chi connectivity index (χ3v) is 2.29. The largest absolute Gasteiger partial charge is 0.477 e. The van der Waals surface area contributed by atoms with Crippen LogP contribution in [0, 0.1) is 0 Å². The van der Waals surface area contributed by atoms with Crippen LogP contribution in [0.2, 0.25) is 0 Å². The highest BCUT2D eigenvalue weighted by Crippen LogP contribution is 2.07. The van der Waals surface area contributed by atoms with E-state index >= 15 is 0 Å². The van der Waals surface area contributed by atoms with E-state index < -0.39 is 54.5 Å². The maximum absolute atomic E-state index is 10.6. The number of nitrogens with zero attached hydrogens (tertiary/aromatic N) is 1. The molecule has 0 bridgehead atoms. The molecule has 0 saturated heterocycles. The number of hydrogen-bond acceptors (Lipinski definition) is 6. The number of ether oxygens (including phenoxy) is 1. The van der Waals surface area contributed by atoms with Gasteiger partial charge in [0.05, 0.1) is 0 Å². The Bertz CT molecular complexity index is 326. The summed E-state index contributed by atoms with van der Waals surface area (Å²) in [6.07, 6.45) is 0. The lowest BCUT2D eigenvalue weighted by molar-refractivity contribution is -0.900. The number of carbonyl (C=O) groups is 4. The molecule has 0 heterocycles. The molecular formula is C12H25N2O9+. The minimum Gasteiger partial charge on any atom is -0.477 e. The Morgan fingerprint density at radius 1 is 0.696 bits per heavy atom. The lowest BCUT2D eigenvalue weighted by Gasteiger charge is -2.32. The molecule has 0 saturated carbocycles. The van der Waals surface area contributed by atoms with Crippen molar-refractivity contribution in [3.8, 4) is 0 Å². The number of rotatable bonds is 10. The number of quaternary nitrogens is 1. The predicted molar refractivity (Wildman–Crippen MR) is 77.5 cm³/mol. The van der Waals surface area contributed by atoms with E-state index in [1.54, 1.807) is 0 Å². The molecule has 23 heavy (non-hydrogen) atoms. The maximum Gasteiger partial charge on any atom is 0.359 e. The molecule has 0 aromatic rings. The minimum absolute atomic E-state index is 0. The summed E-state index contributed by atoms with van der Waals surface area (Å²) in [5.74, 6) is -5.86. The predicted octanol–water partition coefficient (Wildman–Crippen LogP) is -0.654. The second-order valence-electron chi connectivity index (χ2n) is 4.33. The molecule has 0 aromatic heterocycles. The van der Waals surface area contributed by atoms with Gasteiger partial charge in [0.25, 0.3) is 0 Å². The zero-order valence-electron chi connectivity index (χ0n) is 13.2. The van der Waals surface area contributed by atoms with Crippen molar-refractivity contribution in [2.24, 2.45) is 0 Å². The topological polar surface area (TPSA) is 193 Å². The van der Waals surface area contributed by atoms with Gasteiger partial charge in [-0.1, -0.05) is 0 Å². The molecule has 0 amide bonds. The highest BCUT2D eigenvalue weighted by molar-refractivity contribution is 5.75. The van der Waals surface area contributed by atoms with Crippen molar-refractivity contribution < 1.29 is 48.8 Å². The Labute approximate surface area is 133 Å². The summed E-state index contributed by atoms with van der Waals surface area (Å²) in [7, 11) is 0. The Kier molecular flexibility index (Phi) is 15.0. The quantitative estimate of drug-likeness (QED) is 0.318. The molecule has 11 nitrogen and oxygen atoms in total. The summed E-state index contributed by atoms with van der Waals surface area (Å²) < 4.78 is 3.76. The van der Waals surface area contributed by atoms with E-state index in [2.05, 4.69) is 0 Å². The number of aliphatic carboxylic acids is 4. The SMILES string of the molecule is CCOCC.N.O=C(O)C[N+](CC(=O)O)(CC(=O)O)CC(=O)O. The molecule has 0 aliphatic carbocycles. The second kappa shape index (κ2) is 13.4. The van der Waals surface area contributed by atoms with Crippen molar-refractivity contribution >= 4 is 23.9 Å². The fourth-order valence-electron chi connectivity index (χ4n) is 1.69. The van der Waals surface area contributed by atoms with Gasteiger partial charge in [0.2, 0.25) is 0 Å². The van der Waals surface area contributed by atoms with Crippen LogP contribution < -0.4 is 6.15 Å². The van der Waals surface area contributed by atoms with Crippen LogP contribution in [-0.2, 0) is 23.9 Å². The van der Waals surface area contributed by atoms with E-state index in [4.69, 9.17) is 25.2 Å². The fraction of sp³-hybridized carbons (Fsp3) is 0.667. The van der Waals surface area contributed by atoms with Crippen molar-refractivity contribution in [2.75, 3.05) is 39.4 Å². The maximum atomic E-state index is 10.6. The number of carboxylic acid groups (broad SMARTS) is 4. The zero-order valence-corrected chi connectivity index (χ0v) is 13.2. The standard InChI is InChI=1S/C8H11NO8.C4H10O.H3N/c10-5(11)1-9(2-6(12)13,3-7(14)15)4-8(16)17;1-3-5-4-2;/h1-4H2,(H3-,10,11,12,13,14,15,16,17);3-4H2,1-2H3;1H3/p+1. The van der Waals surface area contributed by atoms with Crippen LogP contribution in [0.4, 0.5) is 0 Å². The van der Waals surface area contributed by atoms with Crippen molar-refractivity contribution in [1.29, 1.82) is 0 Å². The molecule has 0 atom stereocenters. The summed E-state index contributed by atoms with van der Waals surface area (Å²) in [4.78, 5) is 42.3. The zero-order chi connectivity index (χ0) is 17.8. The van der Waals surface area contributed by atoms with E-state index in [0.29, 0.717) is 0 Å². The van der Waals surface area contributed by atoms with Crippen molar-refractivity contribution in [3.05, 3.63) is 0 Å². The first-order valence-electron chi connectivity index (χ1n) is 6.38. The van der Waals surface area contributed by atoms with Gasteiger partial charge in [0, 0.05) is 13.2 Å². The molecule has 0 aliphatic heterocycles. The molecule has 0 aromatic carbocycles. The second-order valence-corrected chi connectivity index (χ2v) is 4.33. The monoisotopic (exact) mass is 341 g/mol. The van der Waals surface area contributed by atoms with E-state index in [9.17, 15) is 19.2 Å². The third-order valence-electron chi connectivity index (χ3n) is 2.29. The Morgan fingerprint density at radius 3 is 1.00 bits per heavy atom. The van der Waals surface area contributed by atoms with Gasteiger partial charge in [0.1, 0.15) is 0 Å². The summed E-state index contributed by atoms with van der Waals surface area (Å²) in [6.45, 7) is 2.13. The van der Waals surface area contributed by atoms with E-state index in [1.165, 1.54) is 0 Å². The molecule has 0 spiro atoms. The summed E-state index contributed by atoms with van der Waals surface area (Å²) in [5, 5.41) is 34.4. The number of hydrogen-bond donors (Lipinski definition) is 5. The van der Waals surface area contributed by atoms with E-state index in [1.807, 2.05) is 13.8 Å². The summed E-state index contributed by atoms with van der Waals surface area (Å²) in [5.41, 5.74) is 0. The van der Waals surface area contributed by atoms with Crippen molar-refractivity contribution in [3.63, 3.8) is 0 Å². The van der Waals surface area contributed by atoms with Crippen LogP contribution >= 0.6 is 0 Å². The average molecular weight is 341 g/mol.